The number of esters is 3. The molecule has 1 unspecified atom stereocenters. The Hall–Kier alpha value is -4.19. The zero-order valence-electron chi connectivity index (χ0n) is 50.9. The molecule has 0 aliphatic rings. The summed E-state index contributed by atoms with van der Waals surface area (Å²) in [6.45, 7) is 6.47. The van der Waals surface area contributed by atoms with Gasteiger partial charge in [0.1, 0.15) is 13.2 Å². The Morgan fingerprint density at radius 1 is 0.269 bits per heavy atom. The summed E-state index contributed by atoms with van der Waals surface area (Å²) < 4.78 is 16.9. The second kappa shape index (κ2) is 65.3. The van der Waals surface area contributed by atoms with Gasteiger partial charge in [0, 0.05) is 19.3 Å². The molecule has 0 heterocycles. The quantitative estimate of drug-likeness (QED) is 0.0261. The van der Waals surface area contributed by atoms with Gasteiger partial charge in [-0.2, -0.15) is 0 Å². The highest BCUT2D eigenvalue weighted by molar-refractivity contribution is 5.71. The molecule has 0 amide bonds. The van der Waals surface area contributed by atoms with Crippen molar-refractivity contribution in [3.05, 3.63) is 122 Å². The average molecular weight is 1080 g/mol. The lowest BCUT2D eigenvalue weighted by atomic mass is 10.1. The number of carbonyl (C=O) groups excluding carboxylic acids is 3. The zero-order chi connectivity index (χ0) is 56.4. The molecular weight excluding hydrogens is 961 g/mol. The summed E-state index contributed by atoms with van der Waals surface area (Å²) in [5.41, 5.74) is 0. The molecule has 0 radical (unpaired) electrons. The number of hydrogen-bond acceptors (Lipinski definition) is 6. The van der Waals surface area contributed by atoms with Gasteiger partial charge >= 0.3 is 17.9 Å². The molecule has 0 aromatic carbocycles. The van der Waals surface area contributed by atoms with E-state index in [0.29, 0.717) is 19.3 Å². The predicted octanol–water partition coefficient (Wildman–Crippen LogP) is 22.4. The number of hydrogen-bond donors (Lipinski definition) is 0. The van der Waals surface area contributed by atoms with Crippen molar-refractivity contribution in [3.8, 4) is 0 Å². The molecule has 0 saturated carbocycles. The van der Waals surface area contributed by atoms with Crippen LogP contribution in [0.3, 0.4) is 0 Å². The van der Waals surface area contributed by atoms with Crippen molar-refractivity contribution in [2.75, 3.05) is 13.2 Å². The summed E-state index contributed by atoms with van der Waals surface area (Å²) in [6, 6.07) is 0. The van der Waals surface area contributed by atoms with Crippen LogP contribution in [0.4, 0.5) is 0 Å². The van der Waals surface area contributed by atoms with Gasteiger partial charge in [0.05, 0.1) is 0 Å². The molecule has 0 aromatic rings. The van der Waals surface area contributed by atoms with Crippen LogP contribution < -0.4 is 0 Å². The first-order valence-electron chi connectivity index (χ1n) is 32.5. The molecular formula is C72H120O6. The van der Waals surface area contributed by atoms with Crippen molar-refractivity contribution >= 4 is 17.9 Å². The number of carbonyl (C=O) groups is 3. The Kier molecular flexibility index (Phi) is 61.8. The van der Waals surface area contributed by atoms with Crippen LogP contribution in [0.5, 0.6) is 0 Å². The summed E-state index contributed by atoms with van der Waals surface area (Å²) in [6.07, 6.45) is 90.5. The Balaban J connectivity index is 4.43. The zero-order valence-corrected chi connectivity index (χ0v) is 50.9. The van der Waals surface area contributed by atoms with E-state index in [1.54, 1.807) is 0 Å². The fourth-order valence-corrected chi connectivity index (χ4v) is 8.80. The van der Waals surface area contributed by atoms with Crippen LogP contribution in [0, 0.1) is 0 Å². The lowest BCUT2D eigenvalue weighted by molar-refractivity contribution is -0.167. The van der Waals surface area contributed by atoms with Gasteiger partial charge in [-0.25, -0.2) is 0 Å². The lowest BCUT2D eigenvalue weighted by Gasteiger charge is -2.18. The number of rotatable bonds is 58. The molecule has 0 fully saturated rings. The van der Waals surface area contributed by atoms with E-state index in [1.165, 1.54) is 116 Å². The Morgan fingerprint density at radius 2 is 0.500 bits per heavy atom. The molecule has 0 saturated heterocycles. The highest BCUT2D eigenvalue weighted by atomic mass is 16.6. The van der Waals surface area contributed by atoms with E-state index in [-0.39, 0.29) is 31.1 Å². The van der Waals surface area contributed by atoms with Gasteiger partial charge in [0.15, 0.2) is 6.10 Å². The molecule has 6 heteroatoms. The van der Waals surface area contributed by atoms with Crippen LogP contribution in [0.25, 0.3) is 0 Å². The maximum Gasteiger partial charge on any atom is 0.306 e. The summed E-state index contributed by atoms with van der Waals surface area (Å²) >= 11 is 0. The minimum Gasteiger partial charge on any atom is -0.462 e. The third-order valence-electron chi connectivity index (χ3n) is 13.7. The highest BCUT2D eigenvalue weighted by Gasteiger charge is 2.19. The van der Waals surface area contributed by atoms with E-state index in [0.717, 1.165) is 141 Å². The maximum atomic E-state index is 12.9. The topological polar surface area (TPSA) is 78.9 Å². The molecule has 0 aliphatic heterocycles. The monoisotopic (exact) mass is 1080 g/mol. The van der Waals surface area contributed by atoms with Crippen molar-refractivity contribution in [3.63, 3.8) is 0 Å². The largest absolute Gasteiger partial charge is 0.462 e. The summed E-state index contributed by atoms with van der Waals surface area (Å²) in [5, 5.41) is 0. The normalized spacial score (nSPS) is 12.9. The molecule has 444 valence electrons. The molecule has 0 aromatic heterocycles. The van der Waals surface area contributed by atoms with Gasteiger partial charge in [-0.1, -0.05) is 264 Å². The van der Waals surface area contributed by atoms with Gasteiger partial charge in [-0.05, 0) is 135 Å². The van der Waals surface area contributed by atoms with Crippen LogP contribution in [0.2, 0.25) is 0 Å². The van der Waals surface area contributed by atoms with Gasteiger partial charge in [0.2, 0.25) is 0 Å². The number of allylic oxidation sites excluding steroid dienone is 20. The smallest absolute Gasteiger partial charge is 0.306 e. The number of ether oxygens (including phenoxy) is 3. The van der Waals surface area contributed by atoms with Crippen molar-refractivity contribution in [1.29, 1.82) is 0 Å². The van der Waals surface area contributed by atoms with Crippen LogP contribution in [-0.4, -0.2) is 37.2 Å². The molecule has 0 spiro atoms. The van der Waals surface area contributed by atoms with Gasteiger partial charge in [0.25, 0.3) is 0 Å². The molecule has 6 nitrogen and oxygen atoms in total. The van der Waals surface area contributed by atoms with E-state index < -0.39 is 6.10 Å². The molecule has 0 rings (SSSR count). The minimum atomic E-state index is -0.798. The molecule has 0 aliphatic carbocycles. The lowest BCUT2D eigenvalue weighted by Crippen LogP contribution is -2.30. The standard InChI is InChI=1S/C72H120O6/c1-4-7-10-13-16-19-22-25-28-31-33-34-35-36-37-38-40-41-44-47-50-53-56-59-62-65-71(74)77-68-69(67-76-70(73)64-61-58-55-52-49-46-43-30-27-24-21-18-15-12-9-6-3)78-72(75)66-63-60-57-54-51-48-45-42-39-32-29-26-23-20-17-14-11-8-5-2/h7,10,16-17,19-21,24-26,28-30,33-34,36-37,40-41,43,69H,4-6,8-9,11-15,18,22-23,27,31-32,35,38-39,42,44-68H2,1-3H3/b10-7-,19-16-,20-17-,24-21-,28-25-,29-26-,34-33-,37-36-,41-40-,43-30-. The van der Waals surface area contributed by atoms with Gasteiger partial charge in [-0.3, -0.25) is 14.4 Å². The molecule has 0 bridgehead atoms. The fourth-order valence-electron chi connectivity index (χ4n) is 8.80. The van der Waals surface area contributed by atoms with E-state index >= 15 is 0 Å². The summed E-state index contributed by atoms with van der Waals surface area (Å²) in [5.74, 6) is -0.919. The second-order valence-electron chi connectivity index (χ2n) is 21.3. The van der Waals surface area contributed by atoms with Crippen molar-refractivity contribution < 1.29 is 28.6 Å². The fraction of sp³-hybridized carbons (Fsp3) is 0.681. The van der Waals surface area contributed by atoms with Crippen LogP contribution in [0.1, 0.15) is 297 Å². The van der Waals surface area contributed by atoms with E-state index in [9.17, 15) is 14.4 Å². The molecule has 78 heavy (non-hydrogen) atoms. The third-order valence-corrected chi connectivity index (χ3v) is 13.7. The summed E-state index contributed by atoms with van der Waals surface area (Å²) in [7, 11) is 0. The average Bonchev–Trinajstić information content (AvgIpc) is 3.44. The van der Waals surface area contributed by atoms with Crippen LogP contribution in [-0.2, 0) is 28.6 Å². The third kappa shape index (κ3) is 62.7. The van der Waals surface area contributed by atoms with Gasteiger partial charge < -0.3 is 14.2 Å². The molecule has 0 N–H and O–H groups in total. The van der Waals surface area contributed by atoms with Crippen LogP contribution in [0.15, 0.2) is 122 Å². The first-order chi connectivity index (χ1) is 38.5. The van der Waals surface area contributed by atoms with Crippen LogP contribution >= 0.6 is 0 Å². The van der Waals surface area contributed by atoms with E-state index in [1.807, 2.05) is 0 Å². The Labute approximate surface area is 482 Å². The highest BCUT2D eigenvalue weighted by Crippen LogP contribution is 2.15. The Bertz CT molecular complexity index is 1620. The van der Waals surface area contributed by atoms with Gasteiger partial charge in [-0.15, -0.1) is 0 Å². The maximum absolute atomic E-state index is 12.9. The first-order valence-corrected chi connectivity index (χ1v) is 32.5. The van der Waals surface area contributed by atoms with Crippen molar-refractivity contribution in [2.45, 2.75) is 303 Å². The summed E-state index contributed by atoms with van der Waals surface area (Å²) in [4.78, 5) is 38.4. The van der Waals surface area contributed by atoms with Crippen molar-refractivity contribution in [1.82, 2.24) is 0 Å². The minimum absolute atomic E-state index is 0.0936. The SMILES string of the molecule is CC/C=C\C/C=C\C/C=C\C/C=C\C/C=C\C/C=C\CCCCCCCCC(=O)OCC(COC(=O)CCCCCCC/C=C\C/C=C\CCCCCC)OC(=O)CCCCCCCCCCC/C=C\C/C=C\CCCCC. The second-order valence-corrected chi connectivity index (χ2v) is 21.3. The predicted molar refractivity (Wildman–Crippen MR) is 339 cm³/mol. The first kappa shape index (κ1) is 73.8. The molecule has 1 atom stereocenters. The Morgan fingerprint density at radius 3 is 0.808 bits per heavy atom. The van der Waals surface area contributed by atoms with E-state index in [4.69, 9.17) is 14.2 Å². The van der Waals surface area contributed by atoms with E-state index in [2.05, 4.69) is 142 Å². The number of unbranched alkanes of at least 4 members (excludes halogenated alkanes) is 27. The van der Waals surface area contributed by atoms with Crippen molar-refractivity contribution in [2.24, 2.45) is 0 Å².